The zero-order valence-electron chi connectivity index (χ0n) is 10.9. The number of hydrogen-bond donors (Lipinski definition) is 1. The van der Waals surface area contributed by atoms with Crippen LogP contribution in [0.1, 0.15) is 23.6 Å². The Balaban J connectivity index is 1.71. The van der Waals surface area contributed by atoms with E-state index >= 15 is 0 Å². The highest BCUT2D eigenvalue weighted by Gasteiger charge is 2.19. The number of halogens is 2. The fraction of sp³-hybridized carbons (Fsp3) is 0.250. The molecule has 0 bridgehead atoms. The fourth-order valence-electron chi connectivity index (χ4n) is 2.44. The summed E-state index contributed by atoms with van der Waals surface area (Å²) in [5.41, 5.74) is 2.64. The molecule has 3 rings (SSSR count). The summed E-state index contributed by atoms with van der Waals surface area (Å²) < 4.78 is 0.947. The minimum Gasteiger partial charge on any atom is -0.306 e. The smallest absolute Gasteiger partial charge is 0.0551 e. The van der Waals surface area contributed by atoms with Gasteiger partial charge in [-0.15, -0.1) is 11.8 Å². The molecule has 1 unspecified atom stereocenters. The van der Waals surface area contributed by atoms with Crippen LogP contribution >= 0.6 is 39.3 Å². The average Bonchev–Trinajstić information content (AvgIpc) is 2.48. The summed E-state index contributed by atoms with van der Waals surface area (Å²) in [6.45, 7) is 0.844. The molecular weight excluding hydrogens is 354 g/mol. The maximum absolute atomic E-state index is 6.14. The normalized spacial score (nSPS) is 17.8. The fourth-order valence-corrected chi connectivity index (χ4v) is 4.02. The number of nitrogens with one attached hydrogen (secondary N) is 1. The number of hydrogen-bond acceptors (Lipinski definition) is 2. The molecule has 0 amide bonds. The Labute approximate surface area is 137 Å². The number of thioether (sulfide) groups is 1. The Bertz CT molecular complexity index is 617. The molecule has 1 aliphatic rings. The van der Waals surface area contributed by atoms with Crippen LogP contribution in [0.4, 0.5) is 0 Å². The van der Waals surface area contributed by atoms with E-state index in [2.05, 4.69) is 51.6 Å². The average molecular weight is 369 g/mol. The Morgan fingerprint density at radius 2 is 2.10 bits per heavy atom. The highest BCUT2D eigenvalue weighted by molar-refractivity contribution is 9.10. The summed E-state index contributed by atoms with van der Waals surface area (Å²) in [5.74, 6) is 1.18. The van der Waals surface area contributed by atoms with Crippen molar-refractivity contribution in [3.63, 3.8) is 0 Å². The lowest BCUT2D eigenvalue weighted by molar-refractivity contribution is 0.510. The zero-order chi connectivity index (χ0) is 13.9. The van der Waals surface area contributed by atoms with Gasteiger partial charge in [0.1, 0.15) is 0 Å². The van der Waals surface area contributed by atoms with Gasteiger partial charge in [0.15, 0.2) is 0 Å². The second kappa shape index (κ2) is 6.52. The Hall–Kier alpha value is -0.480. The van der Waals surface area contributed by atoms with Crippen LogP contribution in [0, 0.1) is 0 Å². The first-order valence-electron chi connectivity index (χ1n) is 6.63. The van der Waals surface area contributed by atoms with Gasteiger partial charge in [-0.3, -0.25) is 0 Å². The van der Waals surface area contributed by atoms with Crippen molar-refractivity contribution < 1.29 is 0 Å². The summed E-state index contributed by atoms with van der Waals surface area (Å²) in [4.78, 5) is 1.41. The maximum atomic E-state index is 6.14. The molecule has 1 N–H and O–H groups in total. The Morgan fingerprint density at radius 1 is 1.25 bits per heavy atom. The van der Waals surface area contributed by atoms with Crippen LogP contribution in [0.25, 0.3) is 0 Å². The quantitative estimate of drug-likeness (QED) is 0.775. The first-order chi connectivity index (χ1) is 9.74. The van der Waals surface area contributed by atoms with Crippen LogP contribution in [0.15, 0.2) is 51.8 Å². The van der Waals surface area contributed by atoms with Crippen LogP contribution in [0.5, 0.6) is 0 Å². The third-order valence-corrected chi connectivity index (χ3v) is 5.85. The largest absolute Gasteiger partial charge is 0.306 e. The molecule has 1 aliphatic heterocycles. The van der Waals surface area contributed by atoms with Crippen molar-refractivity contribution in [1.82, 2.24) is 5.32 Å². The van der Waals surface area contributed by atoms with Crippen molar-refractivity contribution in [3.8, 4) is 0 Å². The monoisotopic (exact) mass is 367 g/mol. The van der Waals surface area contributed by atoms with Crippen LogP contribution in [-0.2, 0) is 6.54 Å². The molecule has 4 heteroatoms. The predicted octanol–water partition coefficient (Wildman–Crippen LogP) is 5.43. The second-order valence-corrected chi connectivity index (χ2v) is 7.26. The molecule has 0 radical (unpaired) electrons. The highest BCUT2D eigenvalue weighted by Crippen LogP contribution is 2.36. The van der Waals surface area contributed by atoms with Gasteiger partial charge in [-0.25, -0.2) is 0 Å². The summed E-state index contributed by atoms with van der Waals surface area (Å²) in [7, 11) is 0. The zero-order valence-corrected chi connectivity index (χ0v) is 14.1. The van der Waals surface area contributed by atoms with Gasteiger partial charge < -0.3 is 5.32 Å². The minimum absolute atomic E-state index is 0.440. The summed E-state index contributed by atoms with van der Waals surface area (Å²) >= 11 is 11.5. The van der Waals surface area contributed by atoms with Crippen molar-refractivity contribution >= 4 is 39.3 Å². The number of rotatable bonds is 3. The lowest BCUT2D eigenvalue weighted by Crippen LogP contribution is -2.24. The van der Waals surface area contributed by atoms with E-state index in [0.29, 0.717) is 6.04 Å². The van der Waals surface area contributed by atoms with E-state index in [4.69, 9.17) is 11.6 Å². The Morgan fingerprint density at radius 3 is 2.95 bits per heavy atom. The van der Waals surface area contributed by atoms with Crippen LogP contribution in [0.3, 0.4) is 0 Å². The van der Waals surface area contributed by atoms with E-state index in [-0.39, 0.29) is 0 Å². The Kier molecular flexibility index (Phi) is 4.72. The van der Waals surface area contributed by atoms with Gasteiger partial charge in [0.05, 0.1) is 5.02 Å². The number of benzene rings is 2. The van der Waals surface area contributed by atoms with Gasteiger partial charge in [-0.05, 0) is 57.4 Å². The summed E-state index contributed by atoms with van der Waals surface area (Å²) in [6.07, 6.45) is 1.17. The van der Waals surface area contributed by atoms with Crippen molar-refractivity contribution in [2.45, 2.75) is 23.9 Å². The van der Waals surface area contributed by atoms with E-state index in [1.807, 2.05) is 23.9 Å². The van der Waals surface area contributed by atoms with Crippen LogP contribution in [0.2, 0.25) is 5.02 Å². The molecule has 0 aliphatic carbocycles. The van der Waals surface area contributed by atoms with E-state index < -0.39 is 0 Å². The molecule has 1 atom stereocenters. The van der Waals surface area contributed by atoms with Gasteiger partial charge in [-0.2, -0.15) is 0 Å². The van der Waals surface area contributed by atoms with Gasteiger partial charge in [-0.1, -0.05) is 35.9 Å². The molecule has 2 aromatic rings. The highest BCUT2D eigenvalue weighted by atomic mass is 79.9. The van der Waals surface area contributed by atoms with Crippen molar-refractivity contribution in [3.05, 3.63) is 63.1 Å². The molecule has 104 valence electrons. The molecule has 0 saturated heterocycles. The molecule has 0 saturated carbocycles. The molecule has 1 nitrogen and oxygen atoms in total. The predicted molar refractivity (Wildman–Crippen MR) is 90.5 cm³/mol. The van der Waals surface area contributed by atoms with Gasteiger partial charge >= 0.3 is 0 Å². The first kappa shape index (κ1) is 14.5. The van der Waals surface area contributed by atoms with Gasteiger partial charge in [0.2, 0.25) is 0 Å². The van der Waals surface area contributed by atoms with E-state index in [1.54, 1.807) is 0 Å². The van der Waals surface area contributed by atoms with E-state index in [1.165, 1.54) is 28.2 Å². The first-order valence-corrected chi connectivity index (χ1v) is 8.79. The van der Waals surface area contributed by atoms with Crippen molar-refractivity contribution in [2.24, 2.45) is 0 Å². The second-order valence-electron chi connectivity index (χ2n) is 4.86. The van der Waals surface area contributed by atoms with Crippen LogP contribution in [-0.4, -0.2) is 5.75 Å². The standard InChI is InChI=1S/C16H15BrClNS/c17-13-6-5-11(9-14(13)18)10-19-15-7-8-20-16-4-2-1-3-12(15)16/h1-6,9,15,19H,7-8,10H2. The van der Waals surface area contributed by atoms with E-state index in [0.717, 1.165) is 16.0 Å². The number of fused-ring (bicyclic) bond motifs is 1. The minimum atomic E-state index is 0.440. The molecule has 1 heterocycles. The molecule has 20 heavy (non-hydrogen) atoms. The SMILES string of the molecule is Clc1cc(CNC2CCSc3ccccc32)ccc1Br. The molecule has 0 fully saturated rings. The maximum Gasteiger partial charge on any atom is 0.0551 e. The molecule has 0 aromatic heterocycles. The topological polar surface area (TPSA) is 12.0 Å². The lowest BCUT2D eigenvalue weighted by atomic mass is 10.0. The van der Waals surface area contributed by atoms with Gasteiger partial charge in [0, 0.05) is 22.0 Å². The third-order valence-electron chi connectivity index (χ3n) is 3.50. The van der Waals surface area contributed by atoms with Crippen LogP contribution < -0.4 is 5.32 Å². The third kappa shape index (κ3) is 3.22. The van der Waals surface area contributed by atoms with E-state index in [9.17, 15) is 0 Å². The van der Waals surface area contributed by atoms with Crippen molar-refractivity contribution in [2.75, 3.05) is 5.75 Å². The molecule has 2 aromatic carbocycles. The summed E-state index contributed by atoms with van der Waals surface area (Å²) in [6, 6.07) is 15.2. The molecule has 0 spiro atoms. The summed E-state index contributed by atoms with van der Waals surface area (Å²) in [5, 5.41) is 4.42. The molecular formula is C16H15BrClNS. The van der Waals surface area contributed by atoms with Gasteiger partial charge in [0.25, 0.3) is 0 Å². The lowest BCUT2D eigenvalue weighted by Gasteiger charge is -2.26. The van der Waals surface area contributed by atoms with Crippen molar-refractivity contribution in [1.29, 1.82) is 0 Å².